The van der Waals surface area contributed by atoms with Gasteiger partial charge in [-0.05, 0) is 22.4 Å². The summed E-state index contributed by atoms with van der Waals surface area (Å²) < 4.78 is 5.35. The maximum Gasteiger partial charge on any atom is 0.185 e. The summed E-state index contributed by atoms with van der Waals surface area (Å²) in [6, 6.07) is 2.17. The minimum atomic E-state index is 0. The molecule has 18 heavy (non-hydrogen) atoms. The first kappa shape index (κ1) is 13.8. The van der Waals surface area contributed by atoms with Crippen molar-refractivity contribution in [2.24, 2.45) is 0 Å². The van der Waals surface area contributed by atoms with E-state index >= 15 is 0 Å². The predicted molar refractivity (Wildman–Crippen MR) is 79.5 cm³/mol. The van der Waals surface area contributed by atoms with Gasteiger partial charge >= 0.3 is 0 Å². The Morgan fingerprint density at radius 1 is 1.28 bits per heavy atom. The third kappa shape index (κ3) is 3.23. The summed E-state index contributed by atoms with van der Waals surface area (Å²) in [6.45, 7) is 3.57. The summed E-state index contributed by atoms with van der Waals surface area (Å²) in [5.41, 5.74) is 2.53. The van der Waals surface area contributed by atoms with Crippen molar-refractivity contribution in [3.63, 3.8) is 0 Å². The van der Waals surface area contributed by atoms with Crippen LogP contribution in [0.1, 0.15) is 11.3 Å². The number of ether oxygens (including phenoxy) is 1. The Kier molecular flexibility index (Phi) is 5.00. The van der Waals surface area contributed by atoms with Gasteiger partial charge in [-0.2, -0.15) is 11.3 Å². The van der Waals surface area contributed by atoms with Crippen LogP contribution in [0.5, 0.6) is 0 Å². The number of thiophene rings is 1. The van der Waals surface area contributed by atoms with E-state index in [-0.39, 0.29) is 12.4 Å². The van der Waals surface area contributed by atoms with Crippen molar-refractivity contribution in [2.45, 2.75) is 6.42 Å². The van der Waals surface area contributed by atoms with E-state index in [1.165, 1.54) is 11.3 Å². The lowest BCUT2D eigenvalue weighted by molar-refractivity contribution is 0.122. The third-order valence-corrected chi connectivity index (χ3v) is 4.47. The van der Waals surface area contributed by atoms with E-state index in [9.17, 15) is 0 Å². The quantitative estimate of drug-likeness (QED) is 0.871. The van der Waals surface area contributed by atoms with Gasteiger partial charge in [-0.25, -0.2) is 4.98 Å². The van der Waals surface area contributed by atoms with Crippen LogP contribution >= 0.6 is 35.1 Å². The Morgan fingerprint density at radius 3 is 2.83 bits per heavy atom. The minimum absolute atomic E-state index is 0. The van der Waals surface area contributed by atoms with Gasteiger partial charge in [0.15, 0.2) is 5.13 Å². The van der Waals surface area contributed by atoms with Gasteiger partial charge in [-0.15, -0.1) is 23.7 Å². The summed E-state index contributed by atoms with van der Waals surface area (Å²) in [5.74, 6) is 0. The Balaban J connectivity index is 0.00000120. The van der Waals surface area contributed by atoms with Crippen LogP contribution in [0.15, 0.2) is 22.2 Å². The fourth-order valence-electron chi connectivity index (χ4n) is 1.88. The molecule has 0 radical (unpaired) electrons. The molecule has 1 aliphatic rings. The van der Waals surface area contributed by atoms with Gasteiger partial charge in [-0.3, -0.25) is 0 Å². The van der Waals surface area contributed by atoms with Crippen LogP contribution in [0.2, 0.25) is 0 Å². The number of anilines is 1. The standard InChI is InChI=1S/C12H14N2OS2.ClH/c1-6-16-8-10(1)7-11-9-17-12(13-11)14-2-4-15-5-3-14;/h1,6,8-9H,2-5,7H2;1H. The van der Waals surface area contributed by atoms with Crippen molar-refractivity contribution in [1.82, 2.24) is 4.98 Å². The lowest BCUT2D eigenvalue weighted by Crippen LogP contribution is -2.36. The molecule has 3 nitrogen and oxygen atoms in total. The molecule has 1 aliphatic heterocycles. The molecular formula is C12H15ClN2OS2. The van der Waals surface area contributed by atoms with E-state index in [0.717, 1.165) is 37.9 Å². The van der Waals surface area contributed by atoms with Gasteiger partial charge in [0.2, 0.25) is 0 Å². The molecule has 0 bridgehead atoms. The van der Waals surface area contributed by atoms with Gasteiger partial charge in [0.25, 0.3) is 0 Å². The molecule has 0 aliphatic carbocycles. The average Bonchev–Trinajstić information content (AvgIpc) is 3.02. The first-order valence-corrected chi connectivity index (χ1v) is 7.52. The van der Waals surface area contributed by atoms with E-state index in [1.807, 2.05) is 0 Å². The van der Waals surface area contributed by atoms with Gasteiger partial charge < -0.3 is 9.64 Å². The highest BCUT2D eigenvalue weighted by Crippen LogP contribution is 2.23. The lowest BCUT2D eigenvalue weighted by atomic mass is 10.2. The number of halogens is 1. The molecule has 0 atom stereocenters. The van der Waals surface area contributed by atoms with Crippen LogP contribution in [0.4, 0.5) is 5.13 Å². The fraction of sp³-hybridized carbons (Fsp3) is 0.417. The van der Waals surface area contributed by atoms with Crippen molar-refractivity contribution in [2.75, 3.05) is 31.2 Å². The number of hydrogen-bond donors (Lipinski definition) is 0. The topological polar surface area (TPSA) is 25.4 Å². The van der Waals surface area contributed by atoms with Crippen molar-refractivity contribution in [1.29, 1.82) is 0 Å². The van der Waals surface area contributed by atoms with Crippen molar-refractivity contribution in [3.05, 3.63) is 33.5 Å². The van der Waals surface area contributed by atoms with E-state index < -0.39 is 0 Å². The predicted octanol–water partition coefficient (Wildman–Crippen LogP) is 3.05. The van der Waals surface area contributed by atoms with Gasteiger partial charge in [0, 0.05) is 24.9 Å². The smallest absolute Gasteiger partial charge is 0.185 e. The monoisotopic (exact) mass is 302 g/mol. The van der Waals surface area contributed by atoms with Crippen LogP contribution in [-0.2, 0) is 11.2 Å². The van der Waals surface area contributed by atoms with Crippen LogP contribution in [0.3, 0.4) is 0 Å². The molecule has 0 saturated carbocycles. The summed E-state index contributed by atoms with van der Waals surface area (Å²) in [5, 5.41) is 7.61. The zero-order valence-electron chi connectivity index (χ0n) is 9.87. The molecule has 3 heterocycles. The molecule has 1 saturated heterocycles. The summed E-state index contributed by atoms with van der Waals surface area (Å²) in [4.78, 5) is 7.01. The van der Waals surface area contributed by atoms with Gasteiger partial charge in [-0.1, -0.05) is 0 Å². The van der Waals surface area contributed by atoms with E-state index in [2.05, 4.69) is 27.1 Å². The number of hydrogen-bond acceptors (Lipinski definition) is 5. The van der Waals surface area contributed by atoms with Crippen LogP contribution < -0.4 is 4.90 Å². The molecule has 0 N–H and O–H groups in total. The second-order valence-electron chi connectivity index (χ2n) is 4.03. The highest BCUT2D eigenvalue weighted by atomic mass is 35.5. The van der Waals surface area contributed by atoms with Gasteiger partial charge in [0.1, 0.15) is 0 Å². The molecule has 2 aromatic heterocycles. The third-order valence-electron chi connectivity index (χ3n) is 2.79. The van der Waals surface area contributed by atoms with Crippen molar-refractivity contribution >= 4 is 40.2 Å². The highest BCUT2D eigenvalue weighted by Gasteiger charge is 2.14. The fourth-order valence-corrected chi connectivity index (χ4v) is 3.43. The highest BCUT2D eigenvalue weighted by molar-refractivity contribution is 7.13. The van der Waals surface area contributed by atoms with Gasteiger partial charge in [0.05, 0.1) is 18.9 Å². The minimum Gasteiger partial charge on any atom is -0.378 e. The summed E-state index contributed by atoms with van der Waals surface area (Å²) >= 11 is 3.48. The number of aromatic nitrogens is 1. The zero-order chi connectivity index (χ0) is 11.5. The first-order chi connectivity index (χ1) is 8.42. The first-order valence-electron chi connectivity index (χ1n) is 5.70. The Bertz CT molecular complexity index is 466. The second kappa shape index (κ2) is 6.52. The largest absolute Gasteiger partial charge is 0.378 e. The average molecular weight is 303 g/mol. The molecule has 98 valence electrons. The molecule has 1 fully saturated rings. The molecule has 0 unspecified atom stereocenters. The number of nitrogens with zero attached hydrogens (tertiary/aromatic N) is 2. The normalized spacial score (nSPS) is 15.4. The molecule has 6 heteroatoms. The van der Waals surface area contributed by atoms with Crippen LogP contribution in [0.25, 0.3) is 0 Å². The van der Waals surface area contributed by atoms with Crippen molar-refractivity contribution < 1.29 is 4.74 Å². The molecular weight excluding hydrogens is 288 g/mol. The summed E-state index contributed by atoms with van der Waals surface area (Å²) in [7, 11) is 0. The lowest BCUT2D eigenvalue weighted by Gasteiger charge is -2.26. The summed E-state index contributed by atoms with van der Waals surface area (Å²) in [6.07, 6.45) is 0.949. The molecule has 0 spiro atoms. The number of thiazole rings is 1. The SMILES string of the molecule is Cl.c1cc(Cc2csc(N3CCOCC3)n2)cs1. The Labute approximate surface area is 121 Å². The van der Waals surface area contributed by atoms with E-state index in [4.69, 9.17) is 9.72 Å². The van der Waals surface area contributed by atoms with Crippen LogP contribution in [-0.4, -0.2) is 31.3 Å². The molecule has 2 aromatic rings. The van der Waals surface area contributed by atoms with Crippen molar-refractivity contribution in [3.8, 4) is 0 Å². The Morgan fingerprint density at radius 2 is 2.11 bits per heavy atom. The van der Waals surface area contributed by atoms with Crippen LogP contribution in [0, 0.1) is 0 Å². The zero-order valence-corrected chi connectivity index (χ0v) is 12.3. The second-order valence-corrected chi connectivity index (χ2v) is 5.65. The maximum absolute atomic E-state index is 5.35. The van der Waals surface area contributed by atoms with E-state index in [1.54, 1.807) is 22.7 Å². The molecule has 0 aromatic carbocycles. The molecule has 3 rings (SSSR count). The molecule has 0 amide bonds. The van der Waals surface area contributed by atoms with E-state index in [0.29, 0.717) is 0 Å². The number of morpholine rings is 1. The number of rotatable bonds is 3. The Hall–Kier alpha value is -0.620. The maximum atomic E-state index is 5.35.